The van der Waals surface area contributed by atoms with Gasteiger partial charge in [0.15, 0.2) is 11.6 Å². The highest BCUT2D eigenvalue weighted by atomic mass is 19.2. The summed E-state index contributed by atoms with van der Waals surface area (Å²) in [7, 11) is 0. The zero-order chi connectivity index (χ0) is 14.5. The van der Waals surface area contributed by atoms with E-state index < -0.39 is 11.6 Å². The van der Waals surface area contributed by atoms with Crippen LogP contribution in [0.2, 0.25) is 0 Å². The number of hydrogen-bond acceptors (Lipinski definition) is 2. The van der Waals surface area contributed by atoms with Crippen LogP contribution in [0.1, 0.15) is 30.5 Å². The molecule has 0 unspecified atom stereocenters. The van der Waals surface area contributed by atoms with Crippen molar-refractivity contribution in [1.29, 1.82) is 0 Å². The largest absolute Gasteiger partial charge is 0.488 e. The molecule has 106 valence electrons. The molecule has 0 radical (unpaired) electrons. The molecule has 0 fully saturated rings. The standard InChI is InChI=1S/C16H17F2NO/c1-2-14(19)12-7-3-4-9-15(12)20-10-11-6-5-8-13(17)16(11)18/h3-9,14H,2,10,19H2,1H3/t14-/m1/s1. The Hall–Kier alpha value is -1.94. The topological polar surface area (TPSA) is 35.2 Å². The van der Waals surface area contributed by atoms with Gasteiger partial charge in [0.2, 0.25) is 0 Å². The molecule has 0 spiro atoms. The Labute approximate surface area is 117 Å². The number of hydrogen-bond donors (Lipinski definition) is 1. The van der Waals surface area contributed by atoms with Crippen LogP contribution >= 0.6 is 0 Å². The van der Waals surface area contributed by atoms with Crippen LogP contribution in [-0.2, 0) is 6.61 Å². The highest BCUT2D eigenvalue weighted by molar-refractivity contribution is 5.36. The number of nitrogens with two attached hydrogens (primary N) is 1. The Bertz CT molecular complexity index is 586. The fourth-order valence-corrected chi connectivity index (χ4v) is 1.95. The first kappa shape index (κ1) is 14.5. The van der Waals surface area contributed by atoms with Crippen LogP contribution in [0.5, 0.6) is 5.75 Å². The van der Waals surface area contributed by atoms with Crippen molar-refractivity contribution < 1.29 is 13.5 Å². The summed E-state index contributed by atoms with van der Waals surface area (Å²) in [5.74, 6) is -1.14. The predicted molar refractivity (Wildman–Crippen MR) is 74.4 cm³/mol. The highest BCUT2D eigenvalue weighted by Gasteiger charge is 2.12. The Morgan fingerprint density at radius 3 is 2.60 bits per heavy atom. The van der Waals surface area contributed by atoms with Crippen molar-refractivity contribution in [3.05, 3.63) is 65.2 Å². The van der Waals surface area contributed by atoms with Gasteiger partial charge in [0.05, 0.1) is 0 Å². The number of benzene rings is 2. The Morgan fingerprint density at radius 1 is 1.10 bits per heavy atom. The van der Waals surface area contributed by atoms with Crippen molar-refractivity contribution in [3.8, 4) is 5.75 Å². The first-order valence-corrected chi connectivity index (χ1v) is 6.53. The van der Waals surface area contributed by atoms with Crippen molar-refractivity contribution in [1.82, 2.24) is 0 Å². The highest BCUT2D eigenvalue weighted by Crippen LogP contribution is 2.26. The summed E-state index contributed by atoms with van der Waals surface area (Å²) >= 11 is 0. The minimum absolute atomic E-state index is 0.0307. The van der Waals surface area contributed by atoms with Crippen LogP contribution in [0.15, 0.2) is 42.5 Å². The maximum absolute atomic E-state index is 13.5. The summed E-state index contributed by atoms with van der Waals surface area (Å²) in [5, 5.41) is 0. The third kappa shape index (κ3) is 3.14. The molecule has 4 heteroatoms. The minimum atomic E-state index is -0.871. The van der Waals surface area contributed by atoms with E-state index in [9.17, 15) is 8.78 Å². The van der Waals surface area contributed by atoms with Gasteiger partial charge >= 0.3 is 0 Å². The van der Waals surface area contributed by atoms with Gasteiger partial charge in [0.25, 0.3) is 0 Å². The second-order valence-electron chi connectivity index (χ2n) is 4.55. The van der Waals surface area contributed by atoms with E-state index in [2.05, 4.69) is 0 Å². The van der Waals surface area contributed by atoms with Gasteiger partial charge in [0.1, 0.15) is 12.4 Å². The molecular formula is C16H17F2NO. The normalized spacial score (nSPS) is 12.2. The Morgan fingerprint density at radius 2 is 1.85 bits per heavy atom. The lowest BCUT2D eigenvalue weighted by Gasteiger charge is -2.15. The van der Waals surface area contributed by atoms with Gasteiger partial charge < -0.3 is 10.5 Å². The monoisotopic (exact) mass is 277 g/mol. The third-order valence-electron chi connectivity index (χ3n) is 3.17. The number of halogens is 2. The van der Waals surface area contributed by atoms with Crippen molar-refractivity contribution in [3.63, 3.8) is 0 Å². The minimum Gasteiger partial charge on any atom is -0.488 e. The molecular weight excluding hydrogens is 260 g/mol. The van der Waals surface area contributed by atoms with Crippen LogP contribution in [0, 0.1) is 11.6 Å². The van der Waals surface area contributed by atoms with Crippen molar-refractivity contribution in [2.45, 2.75) is 26.0 Å². The van der Waals surface area contributed by atoms with E-state index in [1.807, 2.05) is 25.1 Å². The lowest BCUT2D eigenvalue weighted by atomic mass is 10.0. The summed E-state index contributed by atoms with van der Waals surface area (Å²) in [5.41, 5.74) is 7.06. The van der Waals surface area contributed by atoms with Gasteiger partial charge in [-0.3, -0.25) is 0 Å². The summed E-state index contributed by atoms with van der Waals surface area (Å²) in [6, 6.07) is 11.3. The molecule has 0 aliphatic heterocycles. The smallest absolute Gasteiger partial charge is 0.165 e. The van der Waals surface area contributed by atoms with Crippen LogP contribution < -0.4 is 10.5 Å². The van der Waals surface area contributed by atoms with E-state index in [0.29, 0.717) is 5.75 Å². The number of para-hydroxylation sites is 1. The maximum atomic E-state index is 13.5. The molecule has 2 N–H and O–H groups in total. The fraction of sp³-hybridized carbons (Fsp3) is 0.250. The maximum Gasteiger partial charge on any atom is 0.165 e. The van der Waals surface area contributed by atoms with Crippen LogP contribution in [0.4, 0.5) is 8.78 Å². The number of rotatable bonds is 5. The Kier molecular flexibility index (Phi) is 4.69. The molecule has 0 saturated heterocycles. The van der Waals surface area contributed by atoms with E-state index in [4.69, 9.17) is 10.5 Å². The van der Waals surface area contributed by atoms with Crippen molar-refractivity contribution in [2.75, 3.05) is 0 Å². The molecule has 0 aliphatic rings. The van der Waals surface area contributed by atoms with Gasteiger partial charge in [-0.1, -0.05) is 37.3 Å². The van der Waals surface area contributed by atoms with E-state index in [0.717, 1.165) is 18.1 Å². The quantitative estimate of drug-likeness (QED) is 0.898. The van der Waals surface area contributed by atoms with E-state index >= 15 is 0 Å². The zero-order valence-corrected chi connectivity index (χ0v) is 11.3. The second kappa shape index (κ2) is 6.48. The van der Waals surface area contributed by atoms with Crippen LogP contribution in [0.3, 0.4) is 0 Å². The van der Waals surface area contributed by atoms with E-state index in [1.54, 1.807) is 6.07 Å². The summed E-state index contributed by atoms with van der Waals surface area (Å²) in [6.45, 7) is 1.95. The molecule has 20 heavy (non-hydrogen) atoms. The molecule has 0 saturated carbocycles. The molecule has 2 aromatic rings. The molecule has 2 nitrogen and oxygen atoms in total. The average Bonchev–Trinajstić information content (AvgIpc) is 2.48. The third-order valence-corrected chi connectivity index (χ3v) is 3.17. The fourth-order valence-electron chi connectivity index (χ4n) is 1.95. The van der Waals surface area contributed by atoms with Gasteiger partial charge in [0, 0.05) is 17.2 Å². The first-order valence-electron chi connectivity index (χ1n) is 6.53. The first-order chi connectivity index (χ1) is 9.63. The lowest BCUT2D eigenvalue weighted by Crippen LogP contribution is -2.11. The SMILES string of the molecule is CC[C@@H](N)c1ccccc1OCc1cccc(F)c1F. The summed E-state index contributed by atoms with van der Waals surface area (Å²) in [4.78, 5) is 0. The molecule has 0 bridgehead atoms. The predicted octanol–water partition coefficient (Wildman–Crippen LogP) is 3.95. The summed E-state index contributed by atoms with van der Waals surface area (Å²) < 4.78 is 32.3. The molecule has 0 amide bonds. The molecule has 0 heterocycles. The van der Waals surface area contributed by atoms with Gasteiger partial charge in [-0.15, -0.1) is 0 Å². The van der Waals surface area contributed by atoms with E-state index in [-0.39, 0.29) is 18.2 Å². The molecule has 1 atom stereocenters. The van der Waals surface area contributed by atoms with Crippen LogP contribution in [0.25, 0.3) is 0 Å². The van der Waals surface area contributed by atoms with Gasteiger partial charge in [-0.05, 0) is 18.6 Å². The zero-order valence-electron chi connectivity index (χ0n) is 11.3. The molecule has 2 rings (SSSR count). The van der Waals surface area contributed by atoms with Gasteiger partial charge in [-0.2, -0.15) is 0 Å². The molecule has 2 aromatic carbocycles. The molecule has 0 aromatic heterocycles. The lowest BCUT2D eigenvalue weighted by molar-refractivity contribution is 0.292. The average molecular weight is 277 g/mol. The van der Waals surface area contributed by atoms with Crippen molar-refractivity contribution >= 4 is 0 Å². The number of ether oxygens (including phenoxy) is 1. The molecule has 0 aliphatic carbocycles. The van der Waals surface area contributed by atoms with Gasteiger partial charge in [-0.25, -0.2) is 8.78 Å². The van der Waals surface area contributed by atoms with E-state index in [1.165, 1.54) is 12.1 Å². The summed E-state index contributed by atoms with van der Waals surface area (Å²) in [6.07, 6.45) is 0.773. The second-order valence-corrected chi connectivity index (χ2v) is 4.55. The van der Waals surface area contributed by atoms with Crippen molar-refractivity contribution in [2.24, 2.45) is 5.73 Å². The van der Waals surface area contributed by atoms with Crippen LogP contribution in [-0.4, -0.2) is 0 Å². The Balaban J connectivity index is 2.17.